The van der Waals surface area contributed by atoms with Crippen molar-refractivity contribution in [2.75, 3.05) is 32.2 Å². The highest BCUT2D eigenvalue weighted by molar-refractivity contribution is 5.85. The number of nitrogens with zero attached hydrogens (tertiary/aromatic N) is 4. The van der Waals surface area contributed by atoms with Gasteiger partial charge in [0.25, 0.3) is 0 Å². The van der Waals surface area contributed by atoms with Crippen LogP contribution in [0.25, 0.3) is 22.3 Å². The summed E-state index contributed by atoms with van der Waals surface area (Å²) in [5.74, 6) is 1.48. The molecule has 33 heavy (non-hydrogen) atoms. The second-order valence-corrected chi connectivity index (χ2v) is 7.75. The molecule has 2 aromatic heterocycles. The van der Waals surface area contributed by atoms with Gasteiger partial charge in [0.15, 0.2) is 0 Å². The van der Waals surface area contributed by atoms with Gasteiger partial charge in [0.1, 0.15) is 11.5 Å². The van der Waals surface area contributed by atoms with E-state index in [1.807, 2.05) is 30.5 Å². The summed E-state index contributed by atoms with van der Waals surface area (Å²) < 4.78 is 11.0. The number of nitrogens with one attached hydrogen (secondary N) is 2. The zero-order valence-corrected chi connectivity index (χ0v) is 20.0. The smallest absolute Gasteiger partial charge is 0.124 e. The molecular formula is C24H29ClN6O2. The summed E-state index contributed by atoms with van der Waals surface area (Å²) in [5, 5.41) is 10.3. The van der Waals surface area contributed by atoms with Crippen molar-refractivity contribution in [1.29, 1.82) is 0 Å². The van der Waals surface area contributed by atoms with E-state index in [4.69, 9.17) is 14.5 Å². The Morgan fingerprint density at radius 2 is 1.73 bits per heavy atom. The number of rotatable bonds is 9. The van der Waals surface area contributed by atoms with E-state index < -0.39 is 0 Å². The van der Waals surface area contributed by atoms with Gasteiger partial charge in [-0.2, -0.15) is 5.10 Å². The number of anilines is 2. The molecule has 0 aliphatic carbocycles. The number of benzene rings is 2. The minimum atomic E-state index is 0. The molecule has 0 atom stereocenters. The third-order valence-electron chi connectivity index (χ3n) is 5.17. The lowest BCUT2D eigenvalue weighted by molar-refractivity contribution is 0.394. The van der Waals surface area contributed by atoms with Crippen LogP contribution in [0.15, 0.2) is 55.0 Å². The minimum absolute atomic E-state index is 0. The molecule has 0 saturated heterocycles. The predicted molar refractivity (Wildman–Crippen MR) is 134 cm³/mol. The van der Waals surface area contributed by atoms with Gasteiger partial charge < -0.3 is 19.7 Å². The molecular weight excluding hydrogens is 440 g/mol. The average Bonchev–Trinajstić information content (AvgIpc) is 3.35. The summed E-state index contributed by atoms with van der Waals surface area (Å²) in [6.45, 7) is 5.86. The van der Waals surface area contributed by atoms with Gasteiger partial charge in [-0.15, -0.1) is 12.4 Å². The molecule has 4 aromatic rings. The zero-order chi connectivity index (χ0) is 22.5. The van der Waals surface area contributed by atoms with E-state index in [2.05, 4.69) is 51.4 Å². The van der Waals surface area contributed by atoms with E-state index >= 15 is 0 Å². The van der Waals surface area contributed by atoms with Gasteiger partial charge in [0.05, 0.1) is 43.3 Å². The highest BCUT2D eigenvalue weighted by Crippen LogP contribution is 2.34. The quantitative estimate of drug-likeness (QED) is 0.371. The van der Waals surface area contributed by atoms with Gasteiger partial charge in [0.2, 0.25) is 0 Å². The van der Waals surface area contributed by atoms with Crippen LogP contribution in [-0.2, 0) is 0 Å². The summed E-state index contributed by atoms with van der Waals surface area (Å²) in [6, 6.07) is 12.4. The molecule has 9 heteroatoms. The maximum Gasteiger partial charge on any atom is 0.124 e. The molecule has 8 nitrogen and oxygen atoms in total. The summed E-state index contributed by atoms with van der Waals surface area (Å²) in [5.41, 5.74) is 5.32. The molecule has 0 unspecified atom stereocenters. The molecule has 2 N–H and O–H groups in total. The van der Waals surface area contributed by atoms with Gasteiger partial charge in [-0.05, 0) is 18.2 Å². The SMILES string of the molecule is COc1cc(OC)cc(N(CCNC(C)C)c2ccc3ncc(-c4cn[nH]c4)nc3c2)c1.Cl. The lowest BCUT2D eigenvalue weighted by Crippen LogP contribution is -2.32. The van der Waals surface area contributed by atoms with Crippen molar-refractivity contribution in [1.82, 2.24) is 25.5 Å². The van der Waals surface area contributed by atoms with Crippen molar-refractivity contribution in [3.05, 3.63) is 55.0 Å². The molecule has 0 fully saturated rings. The van der Waals surface area contributed by atoms with Gasteiger partial charge in [0, 0.05) is 60.5 Å². The third kappa shape index (κ3) is 5.71. The number of H-pyrrole nitrogens is 1. The van der Waals surface area contributed by atoms with Crippen LogP contribution >= 0.6 is 12.4 Å². The van der Waals surface area contributed by atoms with Crippen molar-refractivity contribution < 1.29 is 9.47 Å². The number of halogens is 1. The topological polar surface area (TPSA) is 88.2 Å². The minimum Gasteiger partial charge on any atom is -0.497 e. The number of fused-ring (bicyclic) bond motifs is 1. The second-order valence-electron chi connectivity index (χ2n) is 7.75. The highest BCUT2D eigenvalue weighted by atomic mass is 35.5. The van der Waals surface area contributed by atoms with Crippen LogP contribution in [0.4, 0.5) is 11.4 Å². The Morgan fingerprint density at radius 1 is 0.970 bits per heavy atom. The average molecular weight is 469 g/mol. The maximum atomic E-state index is 5.50. The highest BCUT2D eigenvalue weighted by Gasteiger charge is 2.14. The van der Waals surface area contributed by atoms with E-state index in [9.17, 15) is 0 Å². The lowest BCUT2D eigenvalue weighted by atomic mass is 10.2. The molecule has 0 radical (unpaired) electrons. The van der Waals surface area contributed by atoms with Gasteiger partial charge >= 0.3 is 0 Å². The fourth-order valence-corrected chi connectivity index (χ4v) is 3.52. The van der Waals surface area contributed by atoms with Crippen LogP contribution in [-0.4, -0.2) is 53.5 Å². The maximum absolute atomic E-state index is 5.50. The van der Waals surface area contributed by atoms with Crippen LogP contribution in [0.2, 0.25) is 0 Å². The molecule has 0 aliphatic heterocycles. The number of aromatic nitrogens is 4. The fourth-order valence-electron chi connectivity index (χ4n) is 3.52. The second kappa shape index (κ2) is 11.0. The van der Waals surface area contributed by atoms with Crippen molar-refractivity contribution in [2.24, 2.45) is 0 Å². The van der Waals surface area contributed by atoms with E-state index in [0.717, 1.165) is 58.3 Å². The zero-order valence-electron chi connectivity index (χ0n) is 19.2. The fraction of sp³-hybridized carbons (Fsp3) is 0.292. The molecule has 0 bridgehead atoms. The number of methoxy groups -OCH3 is 2. The number of hydrogen-bond acceptors (Lipinski definition) is 7. The van der Waals surface area contributed by atoms with Crippen molar-refractivity contribution >= 4 is 34.8 Å². The standard InChI is InChI=1S/C24H28N6O2.ClH/c1-16(2)25-7-8-30(19-9-20(31-3)12-21(10-19)32-4)18-5-6-22-23(11-18)29-24(15-26-22)17-13-27-28-14-17;/h5-6,9-16,25H,7-8H2,1-4H3,(H,27,28);1H. The van der Waals surface area contributed by atoms with Crippen LogP contribution < -0.4 is 19.7 Å². The number of hydrogen-bond donors (Lipinski definition) is 2. The summed E-state index contributed by atoms with van der Waals surface area (Å²) in [4.78, 5) is 11.6. The molecule has 2 heterocycles. The summed E-state index contributed by atoms with van der Waals surface area (Å²) in [7, 11) is 3.32. The van der Waals surface area contributed by atoms with Crippen molar-refractivity contribution in [2.45, 2.75) is 19.9 Å². The molecule has 0 aliphatic rings. The van der Waals surface area contributed by atoms with Gasteiger partial charge in [-0.1, -0.05) is 13.8 Å². The molecule has 0 amide bonds. The monoisotopic (exact) mass is 468 g/mol. The normalized spacial score (nSPS) is 10.8. The summed E-state index contributed by atoms with van der Waals surface area (Å²) >= 11 is 0. The number of ether oxygens (including phenoxy) is 2. The van der Waals surface area contributed by atoms with Gasteiger partial charge in [-0.3, -0.25) is 10.1 Å². The van der Waals surface area contributed by atoms with E-state index in [-0.39, 0.29) is 12.4 Å². The first-order chi connectivity index (χ1) is 15.6. The Labute approximate surface area is 199 Å². The van der Waals surface area contributed by atoms with Crippen LogP contribution in [0.3, 0.4) is 0 Å². The molecule has 2 aromatic carbocycles. The molecule has 174 valence electrons. The molecule has 4 rings (SSSR count). The number of aromatic amines is 1. The first-order valence-corrected chi connectivity index (χ1v) is 10.6. The summed E-state index contributed by atoms with van der Waals surface area (Å²) in [6.07, 6.45) is 5.32. The molecule has 0 saturated carbocycles. The Bertz CT molecular complexity index is 1160. The largest absolute Gasteiger partial charge is 0.497 e. The van der Waals surface area contributed by atoms with Crippen LogP contribution in [0.1, 0.15) is 13.8 Å². The van der Waals surface area contributed by atoms with Crippen LogP contribution in [0.5, 0.6) is 11.5 Å². The van der Waals surface area contributed by atoms with Crippen LogP contribution in [0, 0.1) is 0 Å². The van der Waals surface area contributed by atoms with Gasteiger partial charge in [-0.25, -0.2) is 4.98 Å². The Kier molecular flexibility index (Phi) is 8.08. The Morgan fingerprint density at radius 3 is 2.36 bits per heavy atom. The van der Waals surface area contributed by atoms with E-state index in [1.165, 1.54) is 0 Å². The Hall–Kier alpha value is -3.36. The first-order valence-electron chi connectivity index (χ1n) is 10.6. The lowest BCUT2D eigenvalue weighted by Gasteiger charge is -2.27. The molecule has 0 spiro atoms. The Balaban J connectivity index is 0.00000306. The first kappa shape index (κ1) is 24.3. The van der Waals surface area contributed by atoms with Crippen molar-refractivity contribution in [3.63, 3.8) is 0 Å². The van der Waals surface area contributed by atoms with Crippen molar-refractivity contribution in [3.8, 4) is 22.8 Å². The third-order valence-corrected chi connectivity index (χ3v) is 5.17. The predicted octanol–water partition coefficient (Wildman–Crippen LogP) is 4.60. The van der Waals surface area contributed by atoms with E-state index in [0.29, 0.717) is 6.04 Å². The van der Waals surface area contributed by atoms with E-state index in [1.54, 1.807) is 26.6 Å².